The zero-order valence-corrected chi connectivity index (χ0v) is 20.1. The molecule has 5 heteroatoms. The van der Waals surface area contributed by atoms with Crippen LogP contribution in [0, 0.1) is 0 Å². The summed E-state index contributed by atoms with van der Waals surface area (Å²) in [5.74, 6) is 0.225. The average Bonchev–Trinajstić information content (AvgIpc) is 2.83. The molecule has 34 heavy (non-hydrogen) atoms. The molecule has 0 radical (unpaired) electrons. The lowest BCUT2D eigenvalue weighted by Crippen LogP contribution is -2.39. The first-order valence-corrected chi connectivity index (χ1v) is 11.7. The number of carbonyl (C=O) groups excluding carboxylic acids is 1. The molecule has 1 aliphatic rings. The zero-order chi connectivity index (χ0) is 24.1. The Hall–Kier alpha value is -3.60. The Morgan fingerprint density at radius 3 is 2.53 bits per heavy atom. The van der Waals surface area contributed by atoms with Gasteiger partial charge in [0.25, 0.3) is 0 Å². The molecule has 0 fully saturated rings. The van der Waals surface area contributed by atoms with Gasteiger partial charge < -0.3 is 14.7 Å². The first kappa shape index (κ1) is 23.6. The maximum Gasteiger partial charge on any atom is 0.410 e. The third kappa shape index (κ3) is 6.04. The Balaban J connectivity index is 1.58. The van der Waals surface area contributed by atoms with E-state index in [1.54, 1.807) is 11.0 Å². The van der Waals surface area contributed by atoms with Crippen molar-refractivity contribution in [1.29, 1.82) is 0 Å². The molecule has 176 valence electrons. The van der Waals surface area contributed by atoms with E-state index in [9.17, 15) is 9.90 Å². The summed E-state index contributed by atoms with van der Waals surface area (Å²) in [7, 11) is 0. The van der Waals surface area contributed by atoms with Gasteiger partial charge >= 0.3 is 6.09 Å². The summed E-state index contributed by atoms with van der Waals surface area (Å²) < 4.78 is 5.52. The standard InChI is InChI=1S/C29H32N2O3/c1-29(2,3)34-28(33)31-16-14-22(15-17-31)23-10-7-11-24(19-23)26(18-21-8-5-4-6-9-21)27-13-12-25(32)20-30-27/h4-14,19-20,26,32H,15-18H2,1-3H3. The minimum atomic E-state index is -0.495. The maximum atomic E-state index is 12.4. The molecule has 0 bridgehead atoms. The Morgan fingerprint density at radius 2 is 1.88 bits per heavy atom. The predicted molar refractivity (Wildman–Crippen MR) is 135 cm³/mol. The molecule has 0 spiro atoms. The number of benzene rings is 2. The smallest absolute Gasteiger partial charge is 0.410 e. The summed E-state index contributed by atoms with van der Waals surface area (Å²) in [5, 5.41) is 9.73. The molecule has 1 atom stereocenters. The van der Waals surface area contributed by atoms with E-state index in [-0.39, 0.29) is 17.8 Å². The van der Waals surface area contributed by atoms with Crippen LogP contribution in [0.5, 0.6) is 5.75 Å². The van der Waals surface area contributed by atoms with Crippen LogP contribution in [0.2, 0.25) is 0 Å². The molecule has 0 aliphatic carbocycles. The zero-order valence-electron chi connectivity index (χ0n) is 20.1. The lowest BCUT2D eigenvalue weighted by Gasteiger charge is -2.29. The van der Waals surface area contributed by atoms with E-state index in [0.717, 1.165) is 24.1 Å². The average molecular weight is 457 g/mol. The minimum Gasteiger partial charge on any atom is -0.506 e. The van der Waals surface area contributed by atoms with Crippen LogP contribution in [0.3, 0.4) is 0 Å². The second kappa shape index (κ2) is 10.1. The summed E-state index contributed by atoms with van der Waals surface area (Å²) in [6.45, 7) is 6.84. The molecular weight excluding hydrogens is 424 g/mol. The topological polar surface area (TPSA) is 62.7 Å². The van der Waals surface area contributed by atoms with Gasteiger partial charge in [0.2, 0.25) is 0 Å². The quantitative estimate of drug-likeness (QED) is 0.497. The largest absolute Gasteiger partial charge is 0.506 e. The van der Waals surface area contributed by atoms with Gasteiger partial charge in [0.05, 0.1) is 6.20 Å². The molecule has 0 saturated carbocycles. The first-order valence-electron chi connectivity index (χ1n) is 11.7. The highest BCUT2D eigenvalue weighted by Crippen LogP contribution is 2.31. The van der Waals surface area contributed by atoms with Crippen molar-refractivity contribution in [2.75, 3.05) is 13.1 Å². The van der Waals surface area contributed by atoms with E-state index >= 15 is 0 Å². The van der Waals surface area contributed by atoms with Gasteiger partial charge in [0, 0.05) is 24.7 Å². The van der Waals surface area contributed by atoms with Crippen LogP contribution < -0.4 is 0 Å². The van der Waals surface area contributed by atoms with E-state index in [1.165, 1.54) is 22.9 Å². The first-order chi connectivity index (χ1) is 16.3. The third-order valence-electron chi connectivity index (χ3n) is 5.93. The summed E-state index contributed by atoms with van der Waals surface area (Å²) in [6, 6.07) is 22.6. The maximum absolute atomic E-state index is 12.4. The number of rotatable bonds is 5. The van der Waals surface area contributed by atoms with Gasteiger partial charge in [-0.15, -0.1) is 0 Å². The summed E-state index contributed by atoms with van der Waals surface area (Å²) in [6.07, 6.45) is 4.96. The van der Waals surface area contributed by atoms with Crippen LogP contribution in [0.15, 0.2) is 79.0 Å². The number of carbonyl (C=O) groups is 1. The normalized spacial score (nSPS) is 14.9. The van der Waals surface area contributed by atoms with Gasteiger partial charge in [-0.1, -0.05) is 60.7 Å². The van der Waals surface area contributed by atoms with E-state index in [0.29, 0.717) is 13.1 Å². The van der Waals surface area contributed by atoms with Crippen molar-refractivity contribution in [3.63, 3.8) is 0 Å². The Morgan fingerprint density at radius 1 is 1.09 bits per heavy atom. The van der Waals surface area contributed by atoms with Crippen molar-refractivity contribution < 1.29 is 14.6 Å². The van der Waals surface area contributed by atoms with Crippen molar-refractivity contribution in [1.82, 2.24) is 9.88 Å². The van der Waals surface area contributed by atoms with E-state index in [4.69, 9.17) is 4.74 Å². The highest BCUT2D eigenvalue weighted by atomic mass is 16.6. The van der Waals surface area contributed by atoms with E-state index in [2.05, 4.69) is 59.6 Å². The van der Waals surface area contributed by atoms with E-state index in [1.807, 2.05) is 32.9 Å². The van der Waals surface area contributed by atoms with Crippen molar-refractivity contribution in [3.05, 3.63) is 101 Å². The molecular formula is C29H32N2O3. The molecule has 3 aromatic rings. The molecule has 1 amide bonds. The highest BCUT2D eigenvalue weighted by molar-refractivity contribution is 5.73. The number of hydrogen-bond acceptors (Lipinski definition) is 4. The molecule has 2 aromatic carbocycles. The monoisotopic (exact) mass is 456 g/mol. The van der Waals surface area contributed by atoms with Crippen molar-refractivity contribution in [2.45, 2.75) is 45.1 Å². The SMILES string of the molecule is CC(C)(C)OC(=O)N1CC=C(c2cccc(C(Cc3ccccc3)c3ccc(O)cn3)c2)CC1. The molecule has 4 rings (SSSR count). The molecule has 1 aromatic heterocycles. The van der Waals surface area contributed by atoms with Crippen LogP contribution in [-0.2, 0) is 11.2 Å². The third-order valence-corrected chi connectivity index (χ3v) is 5.93. The lowest BCUT2D eigenvalue weighted by atomic mass is 9.86. The van der Waals surface area contributed by atoms with Gasteiger partial charge in [-0.05, 0) is 68.0 Å². The van der Waals surface area contributed by atoms with Crippen molar-refractivity contribution in [3.8, 4) is 5.75 Å². The van der Waals surface area contributed by atoms with Crippen LogP contribution in [0.25, 0.3) is 5.57 Å². The second-order valence-corrected chi connectivity index (χ2v) is 9.71. The number of amides is 1. The van der Waals surface area contributed by atoms with E-state index < -0.39 is 5.60 Å². The van der Waals surface area contributed by atoms with Crippen LogP contribution >= 0.6 is 0 Å². The van der Waals surface area contributed by atoms with Gasteiger partial charge in [-0.2, -0.15) is 0 Å². The molecule has 1 N–H and O–H groups in total. The van der Waals surface area contributed by atoms with Crippen LogP contribution in [-0.4, -0.2) is 39.8 Å². The summed E-state index contributed by atoms with van der Waals surface area (Å²) in [5.41, 5.74) is 5.24. The van der Waals surface area contributed by atoms with Crippen molar-refractivity contribution >= 4 is 11.7 Å². The summed E-state index contributed by atoms with van der Waals surface area (Å²) in [4.78, 5) is 18.7. The second-order valence-electron chi connectivity index (χ2n) is 9.71. The number of hydrogen-bond donors (Lipinski definition) is 1. The molecule has 1 unspecified atom stereocenters. The van der Waals surface area contributed by atoms with Crippen LogP contribution in [0.4, 0.5) is 4.79 Å². The van der Waals surface area contributed by atoms with Gasteiger partial charge in [-0.25, -0.2) is 4.79 Å². The van der Waals surface area contributed by atoms with Crippen molar-refractivity contribution in [2.24, 2.45) is 0 Å². The number of pyridine rings is 1. The predicted octanol–water partition coefficient (Wildman–Crippen LogP) is 6.19. The fourth-order valence-corrected chi connectivity index (χ4v) is 4.23. The fraction of sp³-hybridized carbons (Fsp3) is 0.310. The molecule has 2 heterocycles. The number of aromatic hydroxyl groups is 1. The molecule has 1 aliphatic heterocycles. The Kier molecular flexibility index (Phi) is 7.01. The Labute approximate surface area is 201 Å². The highest BCUT2D eigenvalue weighted by Gasteiger charge is 2.24. The van der Waals surface area contributed by atoms with Gasteiger partial charge in [-0.3, -0.25) is 4.98 Å². The number of ether oxygens (including phenoxy) is 1. The number of nitrogens with zero attached hydrogens (tertiary/aromatic N) is 2. The fourth-order valence-electron chi connectivity index (χ4n) is 4.23. The van der Waals surface area contributed by atoms with Gasteiger partial charge in [0.1, 0.15) is 11.4 Å². The Bertz CT molecular complexity index is 1150. The molecule has 0 saturated heterocycles. The molecule has 5 nitrogen and oxygen atoms in total. The van der Waals surface area contributed by atoms with Gasteiger partial charge in [0.15, 0.2) is 0 Å². The lowest BCUT2D eigenvalue weighted by molar-refractivity contribution is 0.0270. The summed E-state index contributed by atoms with van der Waals surface area (Å²) >= 11 is 0. The number of aromatic nitrogens is 1. The van der Waals surface area contributed by atoms with Crippen LogP contribution in [0.1, 0.15) is 55.5 Å². The minimum absolute atomic E-state index is 0.0606.